The zero-order chi connectivity index (χ0) is 17.2. The van der Waals surface area contributed by atoms with E-state index >= 15 is 0 Å². The number of fused-ring (bicyclic) bond motifs is 1. The quantitative estimate of drug-likeness (QED) is 0.514. The van der Waals surface area contributed by atoms with Crippen LogP contribution in [0.3, 0.4) is 0 Å². The molecule has 4 rings (SSSR count). The van der Waals surface area contributed by atoms with E-state index in [1.54, 1.807) is 18.5 Å². The van der Waals surface area contributed by atoms with Crippen LogP contribution in [0.5, 0.6) is 0 Å². The van der Waals surface area contributed by atoms with Gasteiger partial charge in [-0.25, -0.2) is 9.97 Å². The maximum atomic E-state index is 12.2. The van der Waals surface area contributed by atoms with Crippen molar-refractivity contribution >= 4 is 29.0 Å². The van der Waals surface area contributed by atoms with Crippen LogP contribution in [0.2, 0.25) is 5.02 Å². The highest BCUT2D eigenvalue weighted by Gasteiger charge is 2.08. The van der Waals surface area contributed by atoms with Gasteiger partial charge in [-0.05, 0) is 30.3 Å². The molecule has 0 N–H and O–H groups in total. The molecule has 124 valence electrons. The van der Waals surface area contributed by atoms with Crippen molar-refractivity contribution in [3.63, 3.8) is 0 Å². The van der Waals surface area contributed by atoms with E-state index in [0.717, 1.165) is 16.5 Å². The third-order valence-corrected chi connectivity index (χ3v) is 4.90. The second kappa shape index (κ2) is 6.74. The first-order valence-corrected chi connectivity index (χ1v) is 8.96. The standard InChI is InChI=1S/C18H13ClN4OS/c19-13-4-3-5-15(10-13)22-9-7-20-18(22)25-12-14-11-17(24)23-8-2-1-6-16(23)21-14/h1-11H,12H2. The van der Waals surface area contributed by atoms with Gasteiger partial charge in [0.1, 0.15) is 5.65 Å². The summed E-state index contributed by atoms with van der Waals surface area (Å²) in [6.07, 6.45) is 5.34. The first-order valence-electron chi connectivity index (χ1n) is 7.60. The van der Waals surface area contributed by atoms with Crippen LogP contribution in [-0.4, -0.2) is 18.9 Å². The SMILES string of the molecule is O=c1cc(CSc2nccn2-c2cccc(Cl)c2)nc2ccccn12. The molecule has 0 saturated heterocycles. The molecule has 0 aliphatic carbocycles. The number of imidazole rings is 1. The fourth-order valence-corrected chi connectivity index (χ4v) is 3.58. The largest absolute Gasteiger partial charge is 0.295 e. The van der Waals surface area contributed by atoms with E-state index in [0.29, 0.717) is 16.4 Å². The Morgan fingerprint density at radius 3 is 2.88 bits per heavy atom. The highest BCUT2D eigenvalue weighted by molar-refractivity contribution is 7.98. The molecular formula is C18H13ClN4OS. The van der Waals surface area contributed by atoms with Crippen LogP contribution in [0, 0.1) is 0 Å². The summed E-state index contributed by atoms with van der Waals surface area (Å²) in [7, 11) is 0. The predicted octanol–water partition coefficient (Wildman–Crippen LogP) is 3.83. The van der Waals surface area contributed by atoms with E-state index in [4.69, 9.17) is 11.6 Å². The lowest BCUT2D eigenvalue weighted by Gasteiger charge is -2.08. The van der Waals surface area contributed by atoms with Crippen LogP contribution in [0.25, 0.3) is 11.3 Å². The van der Waals surface area contributed by atoms with E-state index < -0.39 is 0 Å². The molecule has 0 unspecified atom stereocenters. The Labute approximate surface area is 152 Å². The monoisotopic (exact) mass is 368 g/mol. The number of thioether (sulfide) groups is 1. The van der Waals surface area contributed by atoms with Gasteiger partial charge in [-0.3, -0.25) is 13.8 Å². The molecule has 0 bridgehead atoms. The van der Waals surface area contributed by atoms with Crippen molar-refractivity contribution in [3.8, 4) is 5.69 Å². The molecule has 7 heteroatoms. The minimum Gasteiger partial charge on any atom is -0.295 e. The minimum absolute atomic E-state index is 0.0839. The van der Waals surface area contributed by atoms with Crippen molar-refractivity contribution in [1.29, 1.82) is 0 Å². The molecule has 0 atom stereocenters. The topological polar surface area (TPSA) is 52.2 Å². The van der Waals surface area contributed by atoms with Gasteiger partial charge in [-0.1, -0.05) is 35.5 Å². The van der Waals surface area contributed by atoms with Gasteiger partial charge < -0.3 is 0 Å². The molecule has 0 aliphatic heterocycles. The van der Waals surface area contributed by atoms with Crippen molar-refractivity contribution in [1.82, 2.24) is 18.9 Å². The molecule has 0 saturated carbocycles. The zero-order valence-electron chi connectivity index (χ0n) is 13.0. The Morgan fingerprint density at radius 1 is 1.08 bits per heavy atom. The van der Waals surface area contributed by atoms with Crippen molar-refractivity contribution < 1.29 is 0 Å². The van der Waals surface area contributed by atoms with Gasteiger partial charge in [0.2, 0.25) is 0 Å². The van der Waals surface area contributed by atoms with E-state index in [1.165, 1.54) is 16.2 Å². The lowest BCUT2D eigenvalue weighted by molar-refractivity contribution is 0.893. The first kappa shape index (κ1) is 15.9. The van der Waals surface area contributed by atoms with Crippen molar-refractivity contribution in [2.24, 2.45) is 0 Å². The molecule has 0 radical (unpaired) electrons. The molecule has 0 spiro atoms. The smallest absolute Gasteiger partial charge is 0.258 e. The van der Waals surface area contributed by atoms with Crippen LogP contribution in [-0.2, 0) is 5.75 Å². The Morgan fingerprint density at radius 2 is 2.00 bits per heavy atom. The lowest BCUT2D eigenvalue weighted by Crippen LogP contribution is -2.14. The second-order valence-corrected chi connectivity index (χ2v) is 6.74. The van der Waals surface area contributed by atoms with Crippen LogP contribution in [0.4, 0.5) is 0 Å². The molecular weight excluding hydrogens is 356 g/mol. The third kappa shape index (κ3) is 3.31. The summed E-state index contributed by atoms with van der Waals surface area (Å²) in [5.41, 5.74) is 2.23. The molecule has 1 aromatic carbocycles. The van der Waals surface area contributed by atoms with Crippen molar-refractivity contribution in [3.05, 3.63) is 88.2 Å². The van der Waals surface area contributed by atoms with Crippen LogP contribution >= 0.6 is 23.4 Å². The Balaban J connectivity index is 1.61. The first-order chi connectivity index (χ1) is 12.2. The maximum absolute atomic E-state index is 12.2. The number of nitrogens with zero attached hydrogens (tertiary/aromatic N) is 4. The van der Waals surface area contributed by atoms with Gasteiger partial charge in [0, 0.05) is 41.1 Å². The molecule has 25 heavy (non-hydrogen) atoms. The second-order valence-electron chi connectivity index (χ2n) is 5.36. The number of benzene rings is 1. The van der Waals surface area contributed by atoms with E-state index in [2.05, 4.69) is 9.97 Å². The molecule has 3 heterocycles. The lowest BCUT2D eigenvalue weighted by atomic mass is 10.3. The Kier molecular flexibility index (Phi) is 4.29. The molecule has 0 aliphatic rings. The highest BCUT2D eigenvalue weighted by atomic mass is 35.5. The number of pyridine rings is 1. The number of rotatable bonds is 4. The Bertz CT molecular complexity index is 1110. The molecule has 0 amide bonds. The maximum Gasteiger partial charge on any atom is 0.258 e. The summed E-state index contributed by atoms with van der Waals surface area (Å²) >= 11 is 7.60. The molecule has 5 nitrogen and oxygen atoms in total. The summed E-state index contributed by atoms with van der Waals surface area (Å²) in [4.78, 5) is 21.1. The summed E-state index contributed by atoms with van der Waals surface area (Å²) in [6.45, 7) is 0. The van der Waals surface area contributed by atoms with E-state index in [-0.39, 0.29) is 5.56 Å². The fraction of sp³-hybridized carbons (Fsp3) is 0.0556. The average Bonchev–Trinajstić information content (AvgIpc) is 3.09. The normalized spacial score (nSPS) is 11.1. The van der Waals surface area contributed by atoms with Gasteiger partial charge in [-0.2, -0.15) is 0 Å². The number of hydrogen-bond acceptors (Lipinski definition) is 4. The van der Waals surface area contributed by atoms with Crippen molar-refractivity contribution in [2.45, 2.75) is 10.9 Å². The zero-order valence-corrected chi connectivity index (χ0v) is 14.6. The number of hydrogen-bond donors (Lipinski definition) is 0. The van der Waals surface area contributed by atoms with E-state index in [9.17, 15) is 4.79 Å². The van der Waals surface area contributed by atoms with Gasteiger partial charge >= 0.3 is 0 Å². The van der Waals surface area contributed by atoms with Crippen molar-refractivity contribution in [2.75, 3.05) is 0 Å². The number of halogens is 1. The number of aromatic nitrogens is 4. The molecule has 3 aromatic heterocycles. The Hall–Kier alpha value is -2.57. The average molecular weight is 369 g/mol. The van der Waals surface area contributed by atoms with Gasteiger partial charge in [0.25, 0.3) is 5.56 Å². The molecule has 4 aromatic rings. The highest BCUT2D eigenvalue weighted by Crippen LogP contribution is 2.24. The molecule has 0 fully saturated rings. The van der Waals surface area contributed by atoms with Gasteiger partial charge in [-0.15, -0.1) is 0 Å². The van der Waals surface area contributed by atoms with Crippen LogP contribution < -0.4 is 5.56 Å². The van der Waals surface area contributed by atoms with Gasteiger partial charge in [0.15, 0.2) is 5.16 Å². The van der Waals surface area contributed by atoms with Crippen LogP contribution in [0.15, 0.2) is 77.1 Å². The van der Waals surface area contributed by atoms with E-state index in [1.807, 2.05) is 53.2 Å². The summed E-state index contributed by atoms with van der Waals surface area (Å²) in [5.74, 6) is 0.554. The third-order valence-electron chi connectivity index (χ3n) is 3.67. The summed E-state index contributed by atoms with van der Waals surface area (Å²) in [5, 5.41) is 1.49. The predicted molar refractivity (Wildman–Crippen MR) is 99.6 cm³/mol. The minimum atomic E-state index is -0.0839. The summed E-state index contributed by atoms with van der Waals surface area (Å²) in [6, 6.07) is 14.7. The fourth-order valence-electron chi connectivity index (χ4n) is 2.53. The summed E-state index contributed by atoms with van der Waals surface area (Å²) < 4.78 is 3.49. The van der Waals surface area contributed by atoms with Crippen LogP contribution in [0.1, 0.15) is 5.69 Å². The van der Waals surface area contributed by atoms with Gasteiger partial charge in [0.05, 0.1) is 5.69 Å².